The number of esters is 3. The Bertz CT molecular complexity index is 331. The van der Waals surface area contributed by atoms with Crippen LogP contribution in [0, 0.1) is 5.92 Å². The lowest BCUT2D eigenvalue weighted by molar-refractivity contribution is -0.144. The molecular weight excluding hydrogens is 336 g/mol. The Balaban J connectivity index is -0.000000308. The molecule has 6 heteroatoms. The van der Waals surface area contributed by atoms with E-state index in [1.54, 1.807) is 0 Å². The number of hydrogen-bond acceptors (Lipinski definition) is 6. The highest BCUT2D eigenvalue weighted by atomic mass is 16.5. The van der Waals surface area contributed by atoms with Gasteiger partial charge in [0.2, 0.25) is 0 Å². The molecule has 26 heavy (non-hydrogen) atoms. The maximum Gasteiger partial charge on any atom is 0.305 e. The van der Waals surface area contributed by atoms with Gasteiger partial charge in [-0.3, -0.25) is 14.4 Å². The molecule has 0 aliphatic rings. The summed E-state index contributed by atoms with van der Waals surface area (Å²) in [5.41, 5.74) is 0. The minimum absolute atomic E-state index is 0.0593. The van der Waals surface area contributed by atoms with Crippen LogP contribution in [0.1, 0.15) is 87.0 Å². The second-order valence-corrected chi connectivity index (χ2v) is 6.01. The van der Waals surface area contributed by atoms with Crippen molar-refractivity contribution in [3.63, 3.8) is 0 Å². The molecule has 0 aliphatic carbocycles. The van der Waals surface area contributed by atoms with E-state index in [0.29, 0.717) is 38.6 Å². The first-order chi connectivity index (χ1) is 12.2. The first-order valence-electron chi connectivity index (χ1n) is 9.69. The second-order valence-electron chi connectivity index (χ2n) is 6.01. The van der Waals surface area contributed by atoms with Crippen molar-refractivity contribution in [3.05, 3.63) is 0 Å². The first kappa shape index (κ1) is 29.2. The molecular formula is C20H40O6. The Kier molecular flexibility index (Phi) is 26.3. The summed E-state index contributed by atoms with van der Waals surface area (Å²) < 4.78 is 14.1. The smallest absolute Gasteiger partial charge is 0.305 e. The average molecular weight is 377 g/mol. The van der Waals surface area contributed by atoms with Gasteiger partial charge in [-0.25, -0.2) is 0 Å². The zero-order chi connectivity index (χ0) is 20.8. The molecule has 0 aliphatic heterocycles. The molecule has 0 rings (SSSR count). The molecule has 0 saturated carbocycles. The van der Waals surface area contributed by atoms with Crippen molar-refractivity contribution >= 4 is 17.9 Å². The second kappa shape index (κ2) is 23.4. The van der Waals surface area contributed by atoms with Crippen LogP contribution in [0.3, 0.4) is 0 Å². The fraction of sp³-hybridized carbons (Fsp3) is 0.850. The molecule has 0 aromatic heterocycles. The fourth-order valence-corrected chi connectivity index (χ4v) is 1.47. The molecule has 0 radical (unpaired) electrons. The molecule has 0 saturated heterocycles. The van der Waals surface area contributed by atoms with Gasteiger partial charge in [0.25, 0.3) is 0 Å². The molecule has 0 aromatic rings. The monoisotopic (exact) mass is 376 g/mol. The number of ether oxygens (including phenoxy) is 3. The highest BCUT2D eigenvalue weighted by Gasteiger charge is 1.98. The molecule has 0 aromatic carbocycles. The van der Waals surface area contributed by atoms with Crippen LogP contribution in [0.15, 0.2) is 0 Å². The number of hydrogen-bond donors (Lipinski definition) is 0. The summed E-state index contributed by atoms with van der Waals surface area (Å²) in [6.45, 7) is 14.7. The van der Waals surface area contributed by atoms with Crippen molar-refractivity contribution < 1.29 is 28.6 Å². The normalized spacial score (nSPS) is 9.23. The van der Waals surface area contributed by atoms with Crippen LogP contribution in [0.2, 0.25) is 0 Å². The molecule has 6 nitrogen and oxygen atoms in total. The lowest BCUT2D eigenvalue weighted by atomic mass is 10.2. The van der Waals surface area contributed by atoms with Crippen LogP contribution < -0.4 is 0 Å². The van der Waals surface area contributed by atoms with Crippen molar-refractivity contribution in [2.75, 3.05) is 19.8 Å². The van der Waals surface area contributed by atoms with Crippen molar-refractivity contribution in [2.24, 2.45) is 5.92 Å². The Morgan fingerprint density at radius 1 is 0.731 bits per heavy atom. The first-order valence-corrected chi connectivity index (χ1v) is 9.69. The third-order valence-electron chi connectivity index (χ3n) is 2.67. The van der Waals surface area contributed by atoms with E-state index in [4.69, 9.17) is 4.74 Å². The SMILES string of the molecule is CC(=O)OCC(C)C.CCCC(=O)OCC.CCCCCC(=O)OCC. The Morgan fingerprint density at radius 3 is 1.54 bits per heavy atom. The van der Waals surface area contributed by atoms with Crippen LogP contribution in [-0.2, 0) is 28.6 Å². The summed E-state index contributed by atoms with van der Waals surface area (Å²) >= 11 is 0. The third kappa shape index (κ3) is 33.9. The number of carbonyl (C=O) groups excluding carboxylic acids is 3. The maximum absolute atomic E-state index is 10.7. The van der Waals surface area contributed by atoms with Crippen molar-refractivity contribution in [2.45, 2.75) is 87.0 Å². The van der Waals surface area contributed by atoms with E-state index in [2.05, 4.69) is 16.4 Å². The standard InChI is InChI=1S/C8H16O2.2C6H12O2/c1-3-5-6-7-8(9)10-4-2;1-5(2)4-8-6(3)7;1-3-5-6(7)8-4-2/h3-7H2,1-2H3;5H,4H2,1-3H3;3-5H2,1-2H3. The van der Waals surface area contributed by atoms with Crippen LogP contribution in [-0.4, -0.2) is 37.7 Å². The topological polar surface area (TPSA) is 78.9 Å². The maximum atomic E-state index is 10.7. The van der Waals surface area contributed by atoms with Gasteiger partial charge in [-0.15, -0.1) is 0 Å². The fourth-order valence-electron chi connectivity index (χ4n) is 1.47. The Morgan fingerprint density at radius 2 is 1.23 bits per heavy atom. The predicted octanol–water partition coefficient (Wildman–Crippen LogP) is 4.68. The molecule has 0 bridgehead atoms. The van der Waals surface area contributed by atoms with Gasteiger partial charge in [0, 0.05) is 19.8 Å². The minimum atomic E-state index is -0.196. The summed E-state index contributed by atoms with van der Waals surface area (Å²) in [6, 6.07) is 0. The van der Waals surface area contributed by atoms with Gasteiger partial charge >= 0.3 is 17.9 Å². The highest BCUT2D eigenvalue weighted by molar-refractivity contribution is 5.69. The van der Waals surface area contributed by atoms with E-state index >= 15 is 0 Å². The van der Waals surface area contributed by atoms with Crippen LogP contribution in [0.4, 0.5) is 0 Å². The van der Waals surface area contributed by atoms with E-state index in [1.807, 2.05) is 34.6 Å². The Labute approximate surface area is 160 Å². The van der Waals surface area contributed by atoms with Crippen LogP contribution in [0.25, 0.3) is 0 Å². The molecule has 0 fully saturated rings. The molecule has 0 spiro atoms. The van der Waals surface area contributed by atoms with E-state index in [9.17, 15) is 14.4 Å². The molecule has 156 valence electrons. The van der Waals surface area contributed by atoms with Gasteiger partial charge in [-0.1, -0.05) is 40.5 Å². The quantitative estimate of drug-likeness (QED) is 0.313. The lowest BCUT2D eigenvalue weighted by Gasteiger charge is -2.02. The molecule has 0 unspecified atom stereocenters. The zero-order valence-electron chi connectivity index (χ0n) is 17.9. The van der Waals surface area contributed by atoms with Crippen molar-refractivity contribution in [1.29, 1.82) is 0 Å². The lowest BCUT2D eigenvalue weighted by Crippen LogP contribution is -2.05. The van der Waals surface area contributed by atoms with Gasteiger partial charge in [-0.2, -0.15) is 0 Å². The van der Waals surface area contributed by atoms with Crippen LogP contribution in [0.5, 0.6) is 0 Å². The number of rotatable bonds is 10. The molecule has 0 N–H and O–H groups in total. The van der Waals surface area contributed by atoms with Crippen molar-refractivity contribution in [3.8, 4) is 0 Å². The van der Waals surface area contributed by atoms with E-state index in [0.717, 1.165) is 25.7 Å². The summed E-state index contributed by atoms with van der Waals surface area (Å²) in [7, 11) is 0. The Hall–Kier alpha value is -1.59. The molecule has 0 atom stereocenters. The number of carbonyl (C=O) groups is 3. The van der Waals surface area contributed by atoms with Gasteiger partial charge in [0.1, 0.15) is 0 Å². The molecule has 0 heterocycles. The number of unbranched alkanes of at least 4 members (excludes halogenated alkanes) is 2. The van der Waals surface area contributed by atoms with Gasteiger partial charge in [0.05, 0.1) is 19.8 Å². The summed E-state index contributed by atoms with van der Waals surface area (Å²) in [5.74, 6) is 0.101. The summed E-state index contributed by atoms with van der Waals surface area (Å²) in [4.78, 5) is 31.2. The van der Waals surface area contributed by atoms with E-state index < -0.39 is 0 Å². The summed E-state index contributed by atoms with van der Waals surface area (Å²) in [6.07, 6.45) is 5.25. The third-order valence-corrected chi connectivity index (χ3v) is 2.67. The predicted molar refractivity (Wildman–Crippen MR) is 104 cm³/mol. The van der Waals surface area contributed by atoms with E-state index in [1.165, 1.54) is 6.92 Å². The summed E-state index contributed by atoms with van der Waals surface area (Å²) in [5, 5.41) is 0. The zero-order valence-corrected chi connectivity index (χ0v) is 17.9. The van der Waals surface area contributed by atoms with Crippen LogP contribution >= 0.6 is 0 Å². The highest BCUT2D eigenvalue weighted by Crippen LogP contribution is 1.99. The molecule has 0 amide bonds. The van der Waals surface area contributed by atoms with Gasteiger partial charge in [-0.05, 0) is 32.6 Å². The van der Waals surface area contributed by atoms with Gasteiger partial charge < -0.3 is 14.2 Å². The average Bonchev–Trinajstić information content (AvgIpc) is 2.55. The largest absolute Gasteiger partial charge is 0.466 e. The van der Waals surface area contributed by atoms with E-state index in [-0.39, 0.29) is 17.9 Å². The van der Waals surface area contributed by atoms with Gasteiger partial charge in [0.15, 0.2) is 0 Å². The van der Waals surface area contributed by atoms with Crippen molar-refractivity contribution in [1.82, 2.24) is 0 Å². The minimum Gasteiger partial charge on any atom is -0.466 e.